The smallest absolute Gasteiger partial charge is 0.253 e. The SMILES string of the molecule is CCN(CC(=O)NC(C)C)C(=O)C1CCCN(C(=O)c2ccc(Cl)cc2)C1. The lowest BCUT2D eigenvalue weighted by Gasteiger charge is -2.34. The van der Waals surface area contributed by atoms with Crippen molar-refractivity contribution in [2.45, 2.75) is 39.7 Å². The molecule has 1 unspecified atom stereocenters. The third-order valence-corrected chi connectivity index (χ3v) is 4.88. The zero-order chi connectivity index (χ0) is 20.0. The molecule has 1 aromatic rings. The Kier molecular flexibility index (Phi) is 7.66. The lowest BCUT2D eigenvalue weighted by molar-refractivity contribution is -0.140. The molecule has 7 heteroatoms. The number of likely N-dealkylation sites (N-methyl/N-ethyl adjacent to an activating group) is 1. The van der Waals surface area contributed by atoms with Gasteiger partial charge in [-0.2, -0.15) is 0 Å². The molecule has 1 aliphatic heterocycles. The first kappa shape index (κ1) is 21.2. The van der Waals surface area contributed by atoms with E-state index in [2.05, 4.69) is 5.32 Å². The Morgan fingerprint density at radius 2 is 1.93 bits per heavy atom. The Hall–Kier alpha value is -2.08. The molecule has 3 amide bonds. The monoisotopic (exact) mass is 393 g/mol. The van der Waals surface area contributed by atoms with Crippen molar-refractivity contribution in [3.05, 3.63) is 34.9 Å². The highest BCUT2D eigenvalue weighted by Crippen LogP contribution is 2.21. The molecule has 1 aliphatic rings. The van der Waals surface area contributed by atoms with Crippen molar-refractivity contribution < 1.29 is 14.4 Å². The number of hydrogen-bond donors (Lipinski definition) is 1. The van der Waals surface area contributed by atoms with E-state index in [0.717, 1.165) is 12.8 Å². The van der Waals surface area contributed by atoms with Crippen LogP contribution >= 0.6 is 11.6 Å². The van der Waals surface area contributed by atoms with Crippen LogP contribution in [-0.4, -0.2) is 59.7 Å². The van der Waals surface area contributed by atoms with Gasteiger partial charge in [-0.15, -0.1) is 0 Å². The molecule has 1 heterocycles. The number of halogens is 1. The minimum atomic E-state index is -0.276. The van der Waals surface area contributed by atoms with E-state index in [1.54, 1.807) is 34.1 Å². The topological polar surface area (TPSA) is 69.7 Å². The first-order valence-corrected chi connectivity index (χ1v) is 9.82. The van der Waals surface area contributed by atoms with Crippen LogP contribution in [0.4, 0.5) is 0 Å². The van der Waals surface area contributed by atoms with E-state index in [1.165, 1.54) is 0 Å². The molecular weight excluding hydrogens is 366 g/mol. The maximum absolute atomic E-state index is 12.9. The van der Waals surface area contributed by atoms with E-state index in [-0.39, 0.29) is 36.2 Å². The molecule has 0 bridgehead atoms. The van der Waals surface area contributed by atoms with Crippen LogP contribution in [0.1, 0.15) is 44.0 Å². The number of likely N-dealkylation sites (tertiary alicyclic amines) is 1. The number of hydrogen-bond acceptors (Lipinski definition) is 3. The molecule has 2 rings (SSSR count). The molecule has 6 nitrogen and oxygen atoms in total. The van der Waals surface area contributed by atoms with Gasteiger partial charge in [-0.3, -0.25) is 14.4 Å². The molecular formula is C20H28ClN3O3. The molecule has 0 aromatic heterocycles. The first-order chi connectivity index (χ1) is 12.8. The van der Waals surface area contributed by atoms with Gasteiger partial charge in [-0.1, -0.05) is 11.6 Å². The predicted octanol–water partition coefficient (Wildman–Crippen LogP) is 2.57. The number of nitrogens with zero attached hydrogens (tertiary/aromatic N) is 2. The molecule has 0 spiro atoms. The van der Waals surface area contributed by atoms with Gasteiger partial charge in [0.2, 0.25) is 11.8 Å². The Morgan fingerprint density at radius 1 is 1.26 bits per heavy atom. The number of carbonyl (C=O) groups excluding carboxylic acids is 3. The fraction of sp³-hybridized carbons (Fsp3) is 0.550. The lowest BCUT2D eigenvalue weighted by Crippen LogP contribution is -2.49. The summed E-state index contributed by atoms with van der Waals surface area (Å²) in [5.74, 6) is -0.596. The number of carbonyl (C=O) groups is 3. The van der Waals surface area contributed by atoms with Crippen LogP contribution in [0.15, 0.2) is 24.3 Å². The lowest BCUT2D eigenvalue weighted by atomic mass is 9.95. The standard InChI is InChI=1S/C20H28ClN3O3/c1-4-23(13-18(25)22-14(2)3)20(27)16-6-5-11-24(12-16)19(26)15-7-9-17(21)10-8-15/h7-10,14,16H,4-6,11-13H2,1-3H3,(H,22,25). The van der Waals surface area contributed by atoms with Crippen LogP contribution < -0.4 is 5.32 Å². The van der Waals surface area contributed by atoms with Crippen molar-refractivity contribution in [1.82, 2.24) is 15.1 Å². The Bertz CT molecular complexity index is 676. The minimum Gasteiger partial charge on any atom is -0.352 e. The zero-order valence-electron chi connectivity index (χ0n) is 16.2. The van der Waals surface area contributed by atoms with Crippen molar-refractivity contribution >= 4 is 29.3 Å². The summed E-state index contributed by atoms with van der Waals surface area (Å²) in [5, 5.41) is 3.39. The minimum absolute atomic E-state index is 0.0356. The maximum Gasteiger partial charge on any atom is 0.253 e. The van der Waals surface area contributed by atoms with Gasteiger partial charge in [0.1, 0.15) is 0 Å². The van der Waals surface area contributed by atoms with Crippen LogP contribution in [-0.2, 0) is 9.59 Å². The number of nitrogens with one attached hydrogen (secondary N) is 1. The summed E-state index contributed by atoms with van der Waals surface area (Å²) in [4.78, 5) is 40.9. The van der Waals surface area contributed by atoms with Gasteiger partial charge in [-0.05, 0) is 57.9 Å². The summed E-state index contributed by atoms with van der Waals surface area (Å²) in [5.41, 5.74) is 0.566. The fourth-order valence-corrected chi connectivity index (χ4v) is 3.41. The molecule has 0 aliphatic carbocycles. The van der Waals surface area contributed by atoms with Crippen LogP contribution in [0.5, 0.6) is 0 Å². The molecule has 148 valence electrons. The number of amides is 3. The molecule has 1 N–H and O–H groups in total. The van der Waals surface area contributed by atoms with E-state index < -0.39 is 0 Å². The third kappa shape index (κ3) is 5.96. The largest absolute Gasteiger partial charge is 0.352 e. The normalized spacial score (nSPS) is 16.9. The Morgan fingerprint density at radius 3 is 2.52 bits per heavy atom. The van der Waals surface area contributed by atoms with E-state index in [0.29, 0.717) is 30.2 Å². The molecule has 1 aromatic carbocycles. The van der Waals surface area contributed by atoms with E-state index in [4.69, 9.17) is 11.6 Å². The highest BCUT2D eigenvalue weighted by molar-refractivity contribution is 6.30. The molecule has 1 atom stereocenters. The van der Waals surface area contributed by atoms with Gasteiger partial charge >= 0.3 is 0 Å². The van der Waals surface area contributed by atoms with Gasteiger partial charge in [0.05, 0.1) is 12.5 Å². The summed E-state index contributed by atoms with van der Waals surface area (Å²) in [7, 11) is 0. The molecule has 1 fully saturated rings. The highest BCUT2D eigenvalue weighted by Gasteiger charge is 2.31. The number of benzene rings is 1. The van der Waals surface area contributed by atoms with Crippen LogP contribution in [0.2, 0.25) is 5.02 Å². The van der Waals surface area contributed by atoms with Crippen molar-refractivity contribution in [2.24, 2.45) is 5.92 Å². The summed E-state index contributed by atoms with van der Waals surface area (Å²) < 4.78 is 0. The van der Waals surface area contributed by atoms with Crippen molar-refractivity contribution in [2.75, 3.05) is 26.2 Å². The van der Waals surface area contributed by atoms with E-state index >= 15 is 0 Å². The first-order valence-electron chi connectivity index (χ1n) is 9.44. The van der Waals surface area contributed by atoms with Crippen LogP contribution in [0, 0.1) is 5.92 Å². The average molecular weight is 394 g/mol. The van der Waals surface area contributed by atoms with Crippen molar-refractivity contribution in [3.8, 4) is 0 Å². The molecule has 0 saturated carbocycles. The molecule has 1 saturated heterocycles. The van der Waals surface area contributed by atoms with Gasteiger partial charge in [0, 0.05) is 36.3 Å². The maximum atomic E-state index is 12.9. The number of piperidine rings is 1. The average Bonchev–Trinajstić information content (AvgIpc) is 2.65. The number of rotatable bonds is 6. The second-order valence-corrected chi connectivity index (χ2v) is 7.61. The zero-order valence-corrected chi connectivity index (χ0v) is 17.0. The van der Waals surface area contributed by atoms with Gasteiger partial charge < -0.3 is 15.1 Å². The summed E-state index contributed by atoms with van der Waals surface area (Å²) in [6.07, 6.45) is 1.50. The van der Waals surface area contributed by atoms with E-state index in [9.17, 15) is 14.4 Å². The van der Waals surface area contributed by atoms with Crippen LogP contribution in [0.25, 0.3) is 0 Å². The van der Waals surface area contributed by atoms with Crippen molar-refractivity contribution in [1.29, 1.82) is 0 Å². The van der Waals surface area contributed by atoms with Gasteiger partial charge in [-0.25, -0.2) is 0 Å². The predicted molar refractivity (Wildman–Crippen MR) is 106 cm³/mol. The summed E-state index contributed by atoms with van der Waals surface area (Å²) >= 11 is 5.88. The van der Waals surface area contributed by atoms with E-state index in [1.807, 2.05) is 20.8 Å². The van der Waals surface area contributed by atoms with Gasteiger partial charge in [0.15, 0.2) is 0 Å². The molecule has 27 heavy (non-hydrogen) atoms. The van der Waals surface area contributed by atoms with Crippen LogP contribution in [0.3, 0.4) is 0 Å². The second-order valence-electron chi connectivity index (χ2n) is 7.17. The Balaban J connectivity index is 2.00. The molecule has 0 radical (unpaired) electrons. The Labute approximate surface area is 165 Å². The highest BCUT2D eigenvalue weighted by atomic mass is 35.5. The van der Waals surface area contributed by atoms with Crippen molar-refractivity contribution in [3.63, 3.8) is 0 Å². The second kappa shape index (κ2) is 9.74. The summed E-state index contributed by atoms with van der Waals surface area (Å²) in [6, 6.07) is 6.81. The third-order valence-electron chi connectivity index (χ3n) is 4.63. The summed E-state index contributed by atoms with van der Waals surface area (Å²) in [6.45, 7) is 7.16. The quantitative estimate of drug-likeness (QED) is 0.807. The van der Waals surface area contributed by atoms with Gasteiger partial charge in [0.25, 0.3) is 5.91 Å². The fourth-order valence-electron chi connectivity index (χ4n) is 3.28.